The van der Waals surface area contributed by atoms with Crippen molar-refractivity contribution in [3.8, 4) is 0 Å². The molecule has 3 aromatic heterocycles. The van der Waals surface area contributed by atoms with E-state index in [0.717, 1.165) is 54.4 Å². The molecule has 1 aromatic carbocycles. The molecule has 1 saturated heterocycles. The van der Waals surface area contributed by atoms with Crippen molar-refractivity contribution >= 4 is 60.1 Å². The predicted molar refractivity (Wildman–Crippen MR) is 126 cm³/mol. The maximum Gasteiger partial charge on any atom is 0.125 e. The highest BCUT2D eigenvalue weighted by Crippen LogP contribution is 2.46. The first kappa shape index (κ1) is 18.4. The van der Waals surface area contributed by atoms with Crippen molar-refractivity contribution < 1.29 is 4.74 Å². The molecule has 1 fully saturated rings. The summed E-state index contributed by atoms with van der Waals surface area (Å²) in [6.07, 6.45) is 5.35. The standard InChI is InChI=1S/C23H22N4OS2/c1-2-27-9-6-17(23(27)7-10-28-13-23)21-12-16-18(5-8-24-22(16)30-21)26-15-3-4-20-19(11-15)25-14-29-20/h3-6,8,11-12,14H,2,7,9-10,13H2,1H3,(H,24,26)/t23-/m1/s1. The summed E-state index contributed by atoms with van der Waals surface area (Å²) in [6, 6.07) is 10.7. The first-order valence-corrected chi connectivity index (χ1v) is 12.0. The summed E-state index contributed by atoms with van der Waals surface area (Å²) < 4.78 is 7.07. The molecule has 30 heavy (non-hydrogen) atoms. The average Bonchev–Trinajstić information content (AvgIpc) is 3.55. The zero-order chi connectivity index (χ0) is 20.1. The molecule has 1 spiro atoms. The van der Waals surface area contributed by atoms with Crippen LogP contribution in [0.3, 0.4) is 0 Å². The minimum Gasteiger partial charge on any atom is -0.379 e. The van der Waals surface area contributed by atoms with E-state index in [-0.39, 0.29) is 5.54 Å². The van der Waals surface area contributed by atoms with Gasteiger partial charge in [-0.15, -0.1) is 22.7 Å². The van der Waals surface area contributed by atoms with Crippen LogP contribution < -0.4 is 5.32 Å². The Morgan fingerprint density at radius 2 is 2.20 bits per heavy atom. The first-order chi connectivity index (χ1) is 14.8. The van der Waals surface area contributed by atoms with E-state index in [0.29, 0.717) is 0 Å². The Morgan fingerprint density at radius 3 is 3.07 bits per heavy atom. The highest BCUT2D eigenvalue weighted by Gasteiger charge is 2.46. The molecule has 1 N–H and O–H groups in total. The Hall–Kier alpha value is -2.32. The van der Waals surface area contributed by atoms with Gasteiger partial charge in [0, 0.05) is 35.3 Å². The van der Waals surface area contributed by atoms with Crippen LogP contribution in [0.2, 0.25) is 0 Å². The van der Waals surface area contributed by atoms with Gasteiger partial charge in [-0.1, -0.05) is 13.0 Å². The first-order valence-electron chi connectivity index (χ1n) is 10.3. The molecular weight excluding hydrogens is 412 g/mol. The lowest BCUT2D eigenvalue weighted by Gasteiger charge is -2.35. The van der Waals surface area contributed by atoms with Crippen molar-refractivity contribution in [1.82, 2.24) is 14.9 Å². The van der Waals surface area contributed by atoms with Crippen LogP contribution in [-0.2, 0) is 4.74 Å². The van der Waals surface area contributed by atoms with Gasteiger partial charge in [-0.2, -0.15) is 0 Å². The lowest BCUT2D eigenvalue weighted by atomic mass is 9.88. The van der Waals surface area contributed by atoms with Crippen molar-refractivity contribution in [1.29, 1.82) is 0 Å². The normalized spacial score (nSPS) is 21.8. The number of thiophene rings is 1. The van der Waals surface area contributed by atoms with E-state index < -0.39 is 0 Å². The summed E-state index contributed by atoms with van der Waals surface area (Å²) in [5.74, 6) is 0. The van der Waals surface area contributed by atoms with Gasteiger partial charge in [-0.25, -0.2) is 9.97 Å². The fourth-order valence-electron chi connectivity index (χ4n) is 4.79. The summed E-state index contributed by atoms with van der Waals surface area (Å²) in [5.41, 5.74) is 6.49. The van der Waals surface area contributed by atoms with Gasteiger partial charge in [0.2, 0.25) is 0 Å². The number of ether oxygens (including phenoxy) is 1. The molecule has 5 heterocycles. The van der Waals surface area contributed by atoms with Crippen LogP contribution in [0.25, 0.3) is 26.0 Å². The monoisotopic (exact) mass is 434 g/mol. The molecule has 152 valence electrons. The summed E-state index contributed by atoms with van der Waals surface area (Å²) in [6.45, 7) is 5.90. The van der Waals surface area contributed by atoms with Crippen LogP contribution in [-0.4, -0.2) is 46.7 Å². The maximum atomic E-state index is 5.86. The predicted octanol–water partition coefficient (Wildman–Crippen LogP) is 5.53. The molecule has 0 amide bonds. The molecule has 5 nitrogen and oxygen atoms in total. The van der Waals surface area contributed by atoms with Gasteiger partial charge in [0.15, 0.2) is 0 Å². The number of hydrogen-bond donors (Lipinski definition) is 1. The van der Waals surface area contributed by atoms with Crippen LogP contribution in [0.4, 0.5) is 11.4 Å². The molecule has 0 bridgehead atoms. The lowest BCUT2D eigenvalue weighted by molar-refractivity contribution is 0.129. The van der Waals surface area contributed by atoms with Crippen molar-refractivity contribution in [2.75, 3.05) is 31.6 Å². The van der Waals surface area contributed by atoms with E-state index >= 15 is 0 Å². The zero-order valence-corrected chi connectivity index (χ0v) is 18.4. The summed E-state index contributed by atoms with van der Waals surface area (Å²) in [5, 5.41) is 4.76. The van der Waals surface area contributed by atoms with Crippen molar-refractivity contribution in [3.63, 3.8) is 0 Å². The van der Waals surface area contributed by atoms with Crippen LogP contribution in [0.15, 0.2) is 48.1 Å². The number of hydrogen-bond acceptors (Lipinski definition) is 7. The van der Waals surface area contributed by atoms with Crippen LogP contribution in [0, 0.1) is 0 Å². The summed E-state index contributed by atoms with van der Waals surface area (Å²) in [7, 11) is 0. The lowest BCUT2D eigenvalue weighted by Crippen LogP contribution is -2.46. The molecule has 0 saturated carbocycles. The van der Waals surface area contributed by atoms with Gasteiger partial charge in [-0.3, -0.25) is 4.90 Å². The second-order valence-electron chi connectivity index (χ2n) is 7.84. The summed E-state index contributed by atoms with van der Waals surface area (Å²) >= 11 is 3.45. The van der Waals surface area contributed by atoms with E-state index in [4.69, 9.17) is 4.74 Å². The SMILES string of the molecule is CCN1CC=C(c2cc3c(Nc4ccc5scnc5c4)ccnc3s2)[C@]12CCOC2. The quantitative estimate of drug-likeness (QED) is 0.458. The average molecular weight is 435 g/mol. The van der Waals surface area contributed by atoms with Crippen molar-refractivity contribution in [3.05, 3.63) is 53.0 Å². The van der Waals surface area contributed by atoms with Gasteiger partial charge in [0.25, 0.3) is 0 Å². The number of thiazole rings is 1. The number of anilines is 2. The summed E-state index contributed by atoms with van der Waals surface area (Å²) in [4.78, 5) is 14.0. The topological polar surface area (TPSA) is 50.3 Å². The number of benzene rings is 1. The van der Waals surface area contributed by atoms with Gasteiger partial charge in [0.05, 0.1) is 33.6 Å². The molecule has 7 heteroatoms. The van der Waals surface area contributed by atoms with Gasteiger partial charge >= 0.3 is 0 Å². The zero-order valence-electron chi connectivity index (χ0n) is 16.7. The molecule has 2 aliphatic rings. The molecule has 1 atom stereocenters. The minimum atomic E-state index is 0.0267. The fourth-order valence-corrected chi connectivity index (χ4v) is 6.61. The minimum absolute atomic E-state index is 0.0267. The number of likely N-dealkylation sites (N-methyl/N-ethyl adjacent to an activating group) is 1. The third-order valence-electron chi connectivity index (χ3n) is 6.32. The Balaban J connectivity index is 1.39. The van der Waals surface area contributed by atoms with Gasteiger partial charge in [-0.05, 0) is 48.9 Å². The maximum absolute atomic E-state index is 5.86. The highest BCUT2D eigenvalue weighted by atomic mass is 32.1. The molecule has 2 aliphatic heterocycles. The Kier molecular flexibility index (Phi) is 4.38. The van der Waals surface area contributed by atoms with E-state index in [9.17, 15) is 0 Å². The Labute approximate surface area is 183 Å². The Morgan fingerprint density at radius 1 is 1.23 bits per heavy atom. The molecule has 0 aliphatic carbocycles. The number of nitrogens with one attached hydrogen (secondary N) is 1. The smallest absolute Gasteiger partial charge is 0.125 e. The number of fused-ring (bicyclic) bond motifs is 2. The van der Waals surface area contributed by atoms with Gasteiger partial charge in [0.1, 0.15) is 4.83 Å². The highest BCUT2D eigenvalue weighted by molar-refractivity contribution is 7.19. The third-order valence-corrected chi connectivity index (χ3v) is 8.20. The van der Waals surface area contributed by atoms with Crippen LogP contribution in [0.1, 0.15) is 18.2 Å². The van der Waals surface area contributed by atoms with Crippen molar-refractivity contribution in [2.45, 2.75) is 18.9 Å². The number of nitrogens with zero attached hydrogens (tertiary/aromatic N) is 3. The van der Waals surface area contributed by atoms with Gasteiger partial charge < -0.3 is 10.1 Å². The number of pyridine rings is 1. The van der Waals surface area contributed by atoms with E-state index in [1.165, 1.54) is 20.5 Å². The second kappa shape index (κ2) is 7.13. The fraction of sp³-hybridized carbons (Fsp3) is 0.304. The largest absolute Gasteiger partial charge is 0.379 e. The molecule has 0 radical (unpaired) electrons. The van der Waals surface area contributed by atoms with Crippen LogP contribution >= 0.6 is 22.7 Å². The van der Waals surface area contributed by atoms with E-state index in [1.807, 2.05) is 11.7 Å². The molecule has 0 unspecified atom stereocenters. The molecule has 4 aromatic rings. The second-order valence-corrected chi connectivity index (χ2v) is 9.76. The Bertz CT molecular complexity index is 1270. The molecular formula is C23H22N4OS2. The van der Waals surface area contributed by atoms with E-state index in [2.05, 4.69) is 63.5 Å². The van der Waals surface area contributed by atoms with Crippen LogP contribution in [0.5, 0.6) is 0 Å². The van der Waals surface area contributed by atoms with E-state index in [1.54, 1.807) is 22.7 Å². The third kappa shape index (κ3) is 2.80. The number of aromatic nitrogens is 2. The number of rotatable bonds is 4. The van der Waals surface area contributed by atoms with Crippen molar-refractivity contribution in [2.24, 2.45) is 0 Å². The molecule has 6 rings (SSSR count).